The Morgan fingerprint density at radius 3 is 2.50 bits per heavy atom. The molecule has 5 heteroatoms. The van der Waals surface area contributed by atoms with Gasteiger partial charge in [-0.3, -0.25) is 4.79 Å². The molecule has 0 aliphatic carbocycles. The normalized spacial score (nSPS) is 16.3. The van der Waals surface area contributed by atoms with Crippen molar-refractivity contribution in [2.75, 3.05) is 6.54 Å². The summed E-state index contributed by atoms with van der Waals surface area (Å²) >= 11 is 5.72. The Labute approximate surface area is 194 Å². The van der Waals surface area contributed by atoms with Gasteiger partial charge in [0.05, 0.1) is 6.04 Å². The highest BCUT2D eigenvalue weighted by molar-refractivity contribution is 7.80. The number of thiocarbonyl (C=S) groups is 1. The van der Waals surface area contributed by atoms with Crippen LogP contribution >= 0.6 is 12.2 Å². The number of carbonyl (C=O) groups is 1. The molecular formula is C27H28N2O2S. The van der Waals surface area contributed by atoms with E-state index in [-0.39, 0.29) is 11.8 Å². The van der Waals surface area contributed by atoms with Crippen LogP contribution in [0.25, 0.3) is 10.8 Å². The first-order valence-electron chi connectivity index (χ1n) is 11.0. The van der Waals surface area contributed by atoms with Crippen LogP contribution in [-0.4, -0.2) is 22.3 Å². The lowest BCUT2D eigenvalue weighted by Gasteiger charge is -2.38. The molecule has 1 atom stereocenters. The summed E-state index contributed by atoms with van der Waals surface area (Å²) in [5, 5.41) is 6.24. The molecule has 0 aromatic heterocycles. The van der Waals surface area contributed by atoms with E-state index in [1.165, 1.54) is 0 Å². The summed E-state index contributed by atoms with van der Waals surface area (Å²) in [5.41, 5.74) is 3.68. The van der Waals surface area contributed by atoms with E-state index in [1.54, 1.807) is 6.92 Å². The molecule has 3 aromatic rings. The molecule has 1 unspecified atom stereocenters. The molecule has 0 fully saturated rings. The van der Waals surface area contributed by atoms with E-state index in [2.05, 4.69) is 30.4 Å². The first-order chi connectivity index (χ1) is 15.5. The van der Waals surface area contributed by atoms with Crippen molar-refractivity contribution in [3.63, 3.8) is 0 Å². The molecule has 0 radical (unpaired) electrons. The molecule has 0 saturated heterocycles. The number of benzene rings is 3. The SMILES string of the molecule is CCCN1C(=S)NC(c2c(OCc3ccccc3)ccc3ccccc23)C(C(C)=O)=C1C. The first kappa shape index (κ1) is 22.0. The van der Waals surface area contributed by atoms with Gasteiger partial charge in [0.2, 0.25) is 0 Å². The van der Waals surface area contributed by atoms with Crippen LogP contribution in [-0.2, 0) is 11.4 Å². The lowest BCUT2D eigenvalue weighted by atomic mass is 9.88. The number of allylic oxidation sites excluding steroid dienone is 1. The minimum atomic E-state index is -0.370. The Kier molecular flexibility index (Phi) is 6.56. The van der Waals surface area contributed by atoms with E-state index in [0.29, 0.717) is 11.7 Å². The number of hydrogen-bond acceptors (Lipinski definition) is 3. The molecular weight excluding hydrogens is 416 g/mol. The number of ether oxygens (including phenoxy) is 1. The maximum Gasteiger partial charge on any atom is 0.173 e. The maximum absolute atomic E-state index is 12.9. The third-order valence-electron chi connectivity index (χ3n) is 5.88. The number of fused-ring (bicyclic) bond motifs is 1. The fraction of sp³-hybridized carbons (Fsp3) is 0.259. The molecule has 32 heavy (non-hydrogen) atoms. The van der Waals surface area contributed by atoms with Gasteiger partial charge in [0, 0.05) is 23.4 Å². The van der Waals surface area contributed by atoms with Gasteiger partial charge in [0.25, 0.3) is 0 Å². The molecule has 1 heterocycles. The summed E-state index contributed by atoms with van der Waals surface area (Å²) in [4.78, 5) is 14.9. The van der Waals surface area contributed by atoms with Crippen LogP contribution in [0.1, 0.15) is 44.4 Å². The predicted molar refractivity (Wildman–Crippen MR) is 134 cm³/mol. The summed E-state index contributed by atoms with van der Waals surface area (Å²) in [6, 6.07) is 22.0. The van der Waals surface area contributed by atoms with Crippen LogP contribution in [0.5, 0.6) is 5.75 Å². The Hall–Kier alpha value is -3.18. The zero-order valence-electron chi connectivity index (χ0n) is 18.7. The van der Waals surface area contributed by atoms with E-state index in [0.717, 1.165) is 51.9 Å². The second kappa shape index (κ2) is 9.53. The lowest BCUT2D eigenvalue weighted by Crippen LogP contribution is -2.47. The fourth-order valence-corrected chi connectivity index (χ4v) is 4.73. The lowest BCUT2D eigenvalue weighted by molar-refractivity contribution is -0.114. The molecule has 164 valence electrons. The summed E-state index contributed by atoms with van der Waals surface area (Å²) in [5.74, 6) is 0.786. The van der Waals surface area contributed by atoms with Crippen molar-refractivity contribution in [3.05, 3.63) is 89.1 Å². The Balaban J connectivity index is 1.86. The van der Waals surface area contributed by atoms with E-state index < -0.39 is 0 Å². The van der Waals surface area contributed by atoms with Gasteiger partial charge in [0.15, 0.2) is 10.9 Å². The van der Waals surface area contributed by atoms with Crippen molar-refractivity contribution >= 4 is 33.9 Å². The van der Waals surface area contributed by atoms with E-state index in [1.807, 2.05) is 60.4 Å². The molecule has 4 nitrogen and oxygen atoms in total. The van der Waals surface area contributed by atoms with Crippen LogP contribution < -0.4 is 10.1 Å². The number of rotatable bonds is 7. The Bertz CT molecular complexity index is 1190. The summed E-state index contributed by atoms with van der Waals surface area (Å²) in [7, 11) is 0. The minimum Gasteiger partial charge on any atom is -0.489 e. The molecule has 0 saturated carbocycles. The molecule has 1 aliphatic heterocycles. The summed E-state index contributed by atoms with van der Waals surface area (Å²) in [6.07, 6.45) is 0.939. The van der Waals surface area contributed by atoms with Crippen molar-refractivity contribution in [2.24, 2.45) is 0 Å². The zero-order valence-corrected chi connectivity index (χ0v) is 19.5. The van der Waals surface area contributed by atoms with Gasteiger partial charge < -0.3 is 15.0 Å². The van der Waals surface area contributed by atoms with Gasteiger partial charge >= 0.3 is 0 Å². The molecule has 0 amide bonds. The van der Waals surface area contributed by atoms with Gasteiger partial charge in [-0.15, -0.1) is 0 Å². The van der Waals surface area contributed by atoms with Gasteiger partial charge in [-0.1, -0.05) is 67.6 Å². The molecule has 1 aliphatic rings. The average molecular weight is 445 g/mol. The maximum atomic E-state index is 12.9. The number of ketones is 1. The van der Waals surface area contributed by atoms with E-state index >= 15 is 0 Å². The van der Waals surface area contributed by atoms with Crippen LogP contribution in [0.2, 0.25) is 0 Å². The Morgan fingerprint density at radius 1 is 1.06 bits per heavy atom. The number of hydrogen-bond donors (Lipinski definition) is 1. The summed E-state index contributed by atoms with van der Waals surface area (Å²) in [6.45, 7) is 6.94. The van der Waals surface area contributed by atoms with Crippen LogP contribution in [0, 0.1) is 0 Å². The fourth-order valence-electron chi connectivity index (χ4n) is 4.38. The monoisotopic (exact) mass is 444 g/mol. The van der Waals surface area contributed by atoms with E-state index in [9.17, 15) is 4.79 Å². The van der Waals surface area contributed by atoms with Crippen molar-refractivity contribution in [1.82, 2.24) is 10.2 Å². The summed E-state index contributed by atoms with van der Waals surface area (Å²) < 4.78 is 6.33. The van der Waals surface area contributed by atoms with Gasteiger partial charge in [-0.2, -0.15) is 0 Å². The first-order valence-corrected chi connectivity index (χ1v) is 11.4. The average Bonchev–Trinajstić information content (AvgIpc) is 2.80. The largest absolute Gasteiger partial charge is 0.489 e. The van der Waals surface area contributed by atoms with Crippen LogP contribution in [0.4, 0.5) is 0 Å². The number of nitrogens with zero attached hydrogens (tertiary/aromatic N) is 1. The van der Waals surface area contributed by atoms with Crippen molar-refractivity contribution in [2.45, 2.75) is 39.8 Å². The van der Waals surface area contributed by atoms with Crippen molar-refractivity contribution in [1.29, 1.82) is 0 Å². The number of nitrogens with one attached hydrogen (secondary N) is 1. The molecule has 0 bridgehead atoms. The quantitative estimate of drug-likeness (QED) is 0.458. The van der Waals surface area contributed by atoms with Crippen molar-refractivity contribution in [3.8, 4) is 5.75 Å². The van der Waals surface area contributed by atoms with Gasteiger partial charge in [-0.25, -0.2) is 0 Å². The van der Waals surface area contributed by atoms with Crippen molar-refractivity contribution < 1.29 is 9.53 Å². The molecule has 1 N–H and O–H groups in total. The standard InChI is InChI=1S/C27H28N2O2S/c1-4-16-29-18(2)24(19(3)30)26(28-27(29)32)25-22-13-9-8-12-21(22)14-15-23(25)31-17-20-10-6-5-7-11-20/h5-15,26H,4,16-17H2,1-3H3,(H,28,32). The number of Topliss-reactive ketones (excluding diaryl/α,β-unsaturated/α-hetero) is 1. The topological polar surface area (TPSA) is 41.6 Å². The second-order valence-corrected chi connectivity index (χ2v) is 8.45. The molecule has 0 spiro atoms. The molecule has 3 aromatic carbocycles. The highest BCUT2D eigenvalue weighted by atomic mass is 32.1. The zero-order chi connectivity index (χ0) is 22.7. The second-order valence-electron chi connectivity index (χ2n) is 8.06. The predicted octanol–water partition coefficient (Wildman–Crippen LogP) is 5.92. The van der Waals surface area contributed by atoms with Gasteiger partial charge in [0.1, 0.15) is 12.4 Å². The number of carbonyl (C=O) groups excluding carboxylic acids is 1. The third-order valence-corrected chi connectivity index (χ3v) is 6.22. The highest BCUT2D eigenvalue weighted by Crippen LogP contribution is 2.40. The minimum absolute atomic E-state index is 0.0329. The smallest absolute Gasteiger partial charge is 0.173 e. The molecule has 4 rings (SSSR count). The Morgan fingerprint density at radius 2 is 1.78 bits per heavy atom. The van der Waals surface area contributed by atoms with Gasteiger partial charge in [-0.05, 0) is 54.9 Å². The van der Waals surface area contributed by atoms with Crippen LogP contribution in [0.15, 0.2) is 78.0 Å². The van der Waals surface area contributed by atoms with Crippen LogP contribution in [0.3, 0.4) is 0 Å². The highest BCUT2D eigenvalue weighted by Gasteiger charge is 2.34. The third kappa shape index (κ3) is 4.26. The van der Waals surface area contributed by atoms with E-state index in [4.69, 9.17) is 17.0 Å².